The van der Waals surface area contributed by atoms with Crippen molar-refractivity contribution < 1.29 is 4.39 Å². The van der Waals surface area contributed by atoms with E-state index in [9.17, 15) is 4.39 Å². The smallest absolute Gasteiger partial charge is 0.148 e. The van der Waals surface area contributed by atoms with Crippen LogP contribution < -0.4 is 5.73 Å². The third-order valence-electron chi connectivity index (χ3n) is 1.60. The second-order valence-corrected chi connectivity index (χ2v) is 2.46. The Morgan fingerprint density at radius 1 is 1.38 bits per heavy atom. The van der Waals surface area contributed by atoms with Crippen LogP contribution in [-0.4, -0.2) is 20.2 Å². The van der Waals surface area contributed by atoms with Crippen LogP contribution in [-0.2, 0) is 0 Å². The number of tetrazole rings is 1. The van der Waals surface area contributed by atoms with Crippen molar-refractivity contribution in [3.8, 4) is 5.69 Å². The first kappa shape index (κ1) is 7.66. The fraction of sp³-hybridized carbons (Fsp3) is 0. The number of halogens is 1. The molecule has 0 aliphatic rings. The molecule has 13 heavy (non-hydrogen) atoms. The van der Waals surface area contributed by atoms with E-state index in [-0.39, 0.29) is 5.69 Å². The van der Waals surface area contributed by atoms with Crippen molar-refractivity contribution in [2.75, 3.05) is 5.73 Å². The maximum atomic E-state index is 13.0. The summed E-state index contributed by atoms with van der Waals surface area (Å²) in [6, 6.07) is 4.37. The number of hydrogen-bond acceptors (Lipinski definition) is 4. The highest BCUT2D eigenvalue weighted by Gasteiger charge is 2.01. The highest BCUT2D eigenvalue weighted by molar-refractivity contribution is 5.45. The Morgan fingerprint density at radius 2 is 2.23 bits per heavy atom. The van der Waals surface area contributed by atoms with Gasteiger partial charge in [-0.05, 0) is 22.6 Å². The minimum Gasteiger partial charge on any atom is -0.396 e. The number of aromatic nitrogens is 4. The van der Waals surface area contributed by atoms with Gasteiger partial charge in [0.2, 0.25) is 0 Å². The van der Waals surface area contributed by atoms with Gasteiger partial charge in [-0.1, -0.05) is 0 Å². The molecule has 0 radical (unpaired) electrons. The van der Waals surface area contributed by atoms with Crippen LogP contribution in [0.2, 0.25) is 0 Å². The van der Waals surface area contributed by atoms with Crippen LogP contribution in [0.4, 0.5) is 10.1 Å². The van der Waals surface area contributed by atoms with Gasteiger partial charge in [0.05, 0.1) is 11.4 Å². The van der Waals surface area contributed by atoms with Crippen LogP contribution in [0, 0.1) is 5.82 Å². The molecule has 0 aliphatic carbocycles. The molecule has 0 atom stereocenters. The zero-order valence-electron chi connectivity index (χ0n) is 6.55. The predicted molar refractivity (Wildman–Crippen MR) is 43.5 cm³/mol. The van der Waals surface area contributed by atoms with E-state index in [0.717, 1.165) is 0 Å². The topological polar surface area (TPSA) is 69.6 Å². The van der Waals surface area contributed by atoms with E-state index in [1.165, 1.54) is 23.1 Å². The normalized spacial score (nSPS) is 10.2. The molecule has 0 aliphatic heterocycles. The Morgan fingerprint density at radius 3 is 2.85 bits per heavy atom. The number of benzene rings is 1. The Hall–Kier alpha value is -1.98. The quantitative estimate of drug-likeness (QED) is 0.642. The van der Waals surface area contributed by atoms with Crippen molar-refractivity contribution >= 4 is 5.69 Å². The fourth-order valence-corrected chi connectivity index (χ4v) is 0.938. The molecule has 0 saturated carbocycles. The molecule has 1 heterocycles. The molecule has 5 nitrogen and oxygen atoms in total. The Kier molecular flexibility index (Phi) is 1.66. The lowest BCUT2D eigenvalue weighted by molar-refractivity contribution is 0.629. The molecular weight excluding hydrogens is 173 g/mol. The van der Waals surface area contributed by atoms with E-state index in [1.807, 2.05) is 0 Å². The second-order valence-electron chi connectivity index (χ2n) is 2.46. The molecule has 2 aromatic rings. The Bertz CT molecular complexity index is 411. The molecule has 0 unspecified atom stereocenters. The van der Waals surface area contributed by atoms with E-state index in [4.69, 9.17) is 5.73 Å². The van der Waals surface area contributed by atoms with Gasteiger partial charge < -0.3 is 5.73 Å². The number of nitrogen functional groups attached to an aromatic ring is 1. The highest BCUT2D eigenvalue weighted by atomic mass is 19.1. The van der Waals surface area contributed by atoms with Gasteiger partial charge in [0, 0.05) is 6.07 Å². The molecule has 0 bridgehead atoms. The fourth-order valence-electron chi connectivity index (χ4n) is 0.938. The number of nitrogens with two attached hydrogens (primary N) is 1. The zero-order chi connectivity index (χ0) is 9.26. The Balaban J connectivity index is 2.49. The van der Waals surface area contributed by atoms with E-state index in [1.54, 1.807) is 6.07 Å². The Labute approximate surface area is 73.0 Å². The van der Waals surface area contributed by atoms with Gasteiger partial charge >= 0.3 is 0 Å². The van der Waals surface area contributed by atoms with Crippen molar-refractivity contribution in [2.45, 2.75) is 0 Å². The third-order valence-corrected chi connectivity index (χ3v) is 1.60. The standard InChI is InChI=1S/C7H6FN5/c8-6-3-5(1-2-7(6)9)13-4-10-11-12-13/h1-4H,9H2. The second kappa shape index (κ2) is 2.81. The summed E-state index contributed by atoms with van der Waals surface area (Å²) in [6.45, 7) is 0. The lowest BCUT2D eigenvalue weighted by Crippen LogP contribution is -1.97. The van der Waals surface area contributed by atoms with E-state index in [2.05, 4.69) is 15.5 Å². The van der Waals surface area contributed by atoms with Crippen molar-refractivity contribution in [1.29, 1.82) is 0 Å². The summed E-state index contributed by atoms with van der Waals surface area (Å²) in [6.07, 6.45) is 1.38. The first-order valence-corrected chi connectivity index (χ1v) is 3.56. The van der Waals surface area contributed by atoms with Crippen LogP contribution >= 0.6 is 0 Å². The maximum absolute atomic E-state index is 13.0. The number of rotatable bonds is 1. The van der Waals surface area contributed by atoms with Crippen molar-refractivity contribution in [1.82, 2.24) is 20.2 Å². The van der Waals surface area contributed by atoms with E-state index < -0.39 is 5.82 Å². The van der Waals surface area contributed by atoms with Gasteiger partial charge in [-0.15, -0.1) is 5.10 Å². The number of anilines is 1. The summed E-state index contributed by atoms with van der Waals surface area (Å²) >= 11 is 0. The van der Waals surface area contributed by atoms with Crippen LogP contribution in [0.3, 0.4) is 0 Å². The van der Waals surface area contributed by atoms with Crippen LogP contribution in [0.5, 0.6) is 0 Å². The monoisotopic (exact) mass is 179 g/mol. The van der Waals surface area contributed by atoms with Gasteiger partial charge in [0.25, 0.3) is 0 Å². The van der Waals surface area contributed by atoms with Gasteiger partial charge in [-0.2, -0.15) is 0 Å². The van der Waals surface area contributed by atoms with Crippen molar-refractivity contribution in [3.05, 3.63) is 30.3 Å². The lowest BCUT2D eigenvalue weighted by atomic mass is 10.3. The summed E-state index contributed by atoms with van der Waals surface area (Å²) < 4.78 is 14.3. The molecule has 1 aromatic heterocycles. The van der Waals surface area contributed by atoms with Gasteiger partial charge in [0.1, 0.15) is 12.1 Å². The number of hydrogen-bond donors (Lipinski definition) is 1. The average molecular weight is 179 g/mol. The molecule has 0 saturated heterocycles. The summed E-state index contributed by atoms with van der Waals surface area (Å²) in [5.74, 6) is -0.479. The van der Waals surface area contributed by atoms with Gasteiger partial charge in [0.15, 0.2) is 0 Å². The molecule has 0 spiro atoms. The maximum Gasteiger partial charge on any atom is 0.148 e. The van der Waals surface area contributed by atoms with Crippen LogP contribution in [0.15, 0.2) is 24.5 Å². The first-order valence-electron chi connectivity index (χ1n) is 3.56. The SMILES string of the molecule is Nc1ccc(-n2cnnn2)cc1F. The average Bonchev–Trinajstić information content (AvgIpc) is 2.62. The van der Waals surface area contributed by atoms with Gasteiger partial charge in [-0.3, -0.25) is 0 Å². The summed E-state index contributed by atoms with van der Waals surface area (Å²) in [7, 11) is 0. The predicted octanol–water partition coefficient (Wildman–Crippen LogP) is 0.384. The molecule has 2 rings (SSSR count). The minimum atomic E-state index is -0.479. The minimum absolute atomic E-state index is 0.108. The molecular formula is C7H6FN5. The van der Waals surface area contributed by atoms with Gasteiger partial charge in [-0.25, -0.2) is 9.07 Å². The molecule has 1 aromatic carbocycles. The number of nitrogens with zero attached hydrogens (tertiary/aromatic N) is 4. The third kappa shape index (κ3) is 1.33. The summed E-state index contributed by atoms with van der Waals surface area (Å²) in [5, 5.41) is 10.5. The van der Waals surface area contributed by atoms with Crippen molar-refractivity contribution in [3.63, 3.8) is 0 Å². The van der Waals surface area contributed by atoms with Crippen LogP contribution in [0.25, 0.3) is 5.69 Å². The molecule has 0 fully saturated rings. The lowest BCUT2D eigenvalue weighted by Gasteiger charge is -2.00. The van der Waals surface area contributed by atoms with E-state index >= 15 is 0 Å². The summed E-state index contributed by atoms with van der Waals surface area (Å²) in [5.41, 5.74) is 5.95. The molecule has 2 N–H and O–H groups in total. The molecule has 66 valence electrons. The van der Waals surface area contributed by atoms with E-state index in [0.29, 0.717) is 5.69 Å². The largest absolute Gasteiger partial charge is 0.396 e. The highest BCUT2D eigenvalue weighted by Crippen LogP contribution is 2.13. The van der Waals surface area contributed by atoms with Crippen molar-refractivity contribution in [2.24, 2.45) is 0 Å². The summed E-state index contributed by atoms with van der Waals surface area (Å²) in [4.78, 5) is 0. The molecule has 0 amide bonds. The first-order chi connectivity index (χ1) is 6.27. The zero-order valence-corrected chi connectivity index (χ0v) is 6.55. The van der Waals surface area contributed by atoms with Crippen LogP contribution in [0.1, 0.15) is 0 Å². The molecule has 6 heteroatoms.